The summed E-state index contributed by atoms with van der Waals surface area (Å²) in [5, 5.41) is 8.76. The van der Waals surface area contributed by atoms with Crippen molar-refractivity contribution in [3.8, 4) is 0 Å². The van der Waals surface area contributed by atoms with E-state index in [9.17, 15) is 9.59 Å². The van der Waals surface area contributed by atoms with Crippen LogP contribution in [-0.2, 0) is 0 Å². The van der Waals surface area contributed by atoms with Crippen molar-refractivity contribution in [3.63, 3.8) is 0 Å². The standard InChI is InChI=1S/C14H10O3/c15-13(10-4-2-1-3-5-10)11-6-8-12(9-7-11)14(16)17/h1-9H,(H,16,17)/i1T. The maximum absolute atomic E-state index is 12.0. The van der Waals surface area contributed by atoms with Gasteiger partial charge in [-0.3, -0.25) is 4.79 Å². The van der Waals surface area contributed by atoms with E-state index in [-0.39, 0.29) is 11.3 Å². The maximum atomic E-state index is 12.0. The second-order valence-electron chi connectivity index (χ2n) is 3.50. The van der Waals surface area contributed by atoms with Crippen LogP contribution in [0.4, 0.5) is 0 Å². The average molecular weight is 228 g/mol. The van der Waals surface area contributed by atoms with Gasteiger partial charge in [-0.1, -0.05) is 42.4 Å². The molecule has 0 aromatic heterocycles. The zero-order valence-electron chi connectivity index (χ0n) is 9.88. The maximum Gasteiger partial charge on any atom is 0.335 e. The van der Waals surface area contributed by atoms with Gasteiger partial charge in [0.1, 0.15) is 0 Å². The zero-order valence-corrected chi connectivity index (χ0v) is 8.88. The summed E-state index contributed by atoms with van der Waals surface area (Å²) in [5.74, 6) is -1.21. The molecule has 0 aliphatic heterocycles. The van der Waals surface area contributed by atoms with Crippen LogP contribution in [0.3, 0.4) is 0 Å². The van der Waals surface area contributed by atoms with E-state index in [0.29, 0.717) is 17.2 Å². The molecule has 0 fully saturated rings. The molecular formula is C14H10O3. The number of hydrogen-bond acceptors (Lipinski definition) is 2. The molecule has 0 bridgehead atoms. The predicted octanol–water partition coefficient (Wildman–Crippen LogP) is 2.62. The van der Waals surface area contributed by atoms with Crippen molar-refractivity contribution in [2.75, 3.05) is 0 Å². The molecule has 0 spiro atoms. The van der Waals surface area contributed by atoms with Crippen LogP contribution in [0.15, 0.2) is 54.6 Å². The van der Waals surface area contributed by atoms with E-state index in [1.807, 2.05) is 0 Å². The Labute approximate surface area is 99.7 Å². The topological polar surface area (TPSA) is 54.4 Å². The first-order valence-electron chi connectivity index (χ1n) is 5.52. The molecule has 2 aromatic carbocycles. The Hall–Kier alpha value is -2.42. The minimum absolute atomic E-state index is 0.146. The van der Waals surface area contributed by atoms with Crippen molar-refractivity contribution >= 4 is 11.8 Å². The van der Waals surface area contributed by atoms with Crippen LogP contribution in [0.1, 0.15) is 27.7 Å². The summed E-state index contributed by atoms with van der Waals surface area (Å²) in [4.78, 5) is 22.7. The van der Waals surface area contributed by atoms with Gasteiger partial charge in [0.2, 0.25) is 0 Å². The molecule has 0 saturated carbocycles. The van der Waals surface area contributed by atoms with Crippen molar-refractivity contribution in [2.45, 2.75) is 0 Å². The van der Waals surface area contributed by atoms with E-state index >= 15 is 0 Å². The van der Waals surface area contributed by atoms with Gasteiger partial charge < -0.3 is 5.11 Å². The summed E-state index contributed by atoms with van der Waals surface area (Å²) < 4.78 is 7.34. The summed E-state index contributed by atoms with van der Waals surface area (Å²) in [6.45, 7) is 0. The van der Waals surface area contributed by atoms with Crippen LogP contribution in [0.25, 0.3) is 0 Å². The van der Waals surface area contributed by atoms with E-state index in [1.54, 1.807) is 24.3 Å². The number of hydrogen-bond donors (Lipinski definition) is 1. The SMILES string of the molecule is [3H]c1ccc(C(=O)c2ccc(C(=O)O)cc2)cc1. The Morgan fingerprint density at radius 1 is 0.882 bits per heavy atom. The predicted molar refractivity (Wildman–Crippen MR) is 63.3 cm³/mol. The fourth-order valence-electron chi connectivity index (χ4n) is 1.47. The molecule has 1 N–H and O–H groups in total. The lowest BCUT2D eigenvalue weighted by Gasteiger charge is -2.01. The fraction of sp³-hybridized carbons (Fsp3) is 0. The molecule has 0 atom stereocenters. The Bertz CT molecular complexity index is 585. The largest absolute Gasteiger partial charge is 0.478 e. The van der Waals surface area contributed by atoms with Gasteiger partial charge in [-0.05, 0) is 12.1 Å². The van der Waals surface area contributed by atoms with Gasteiger partial charge >= 0.3 is 5.97 Å². The quantitative estimate of drug-likeness (QED) is 0.821. The highest BCUT2D eigenvalue weighted by atomic mass is 16.4. The normalized spacial score (nSPS) is 10.7. The van der Waals surface area contributed by atoms with Gasteiger partial charge in [-0.25, -0.2) is 4.79 Å². The third kappa shape index (κ3) is 2.39. The first-order chi connectivity index (χ1) is 8.58. The molecule has 0 saturated heterocycles. The summed E-state index contributed by atoms with van der Waals surface area (Å²) in [6.07, 6.45) is 0. The molecule has 2 rings (SSSR count). The first-order valence-corrected chi connectivity index (χ1v) is 5.02. The van der Waals surface area contributed by atoms with Crippen LogP contribution in [0.2, 0.25) is 0 Å². The number of rotatable bonds is 3. The molecule has 0 amide bonds. The molecule has 3 nitrogen and oxygen atoms in total. The highest BCUT2D eigenvalue weighted by molar-refractivity contribution is 6.09. The summed E-state index contributed by atoms with van der Waals surface area (Å²) in [6, 6.07) is 12.3. The van der Waals surface area contributed by atoms with E-state index < -0.39 is 5.97 Å². The second-order valence-corrected chi connectivity index (χ2v) is 3.50. The molecule has 3 heteroatoms. The van der Waals surface area contributed by atoms with Gasteiger partial charge in [0.15, 0.2) is 5.78 Å². The van der Waals surface area contributed by atoms with Crippen LogP contribution >= 0.6 is 0 Å². The summed E-state index contributed by atoms with van der Waals surface area (Å²) >= 11 is 0. The van der Waals surface area contributed by atoms with Gasteiger partial charge in [0.05, 0.1) is 6.93 Å². The van der Waals surface area contributed by atoms with Gasteiger partial charge in [-0.15, -0.1) is 0 Å². The highest BCUT2D eigenvalue weighted by Crippen LogP contribution is 2.11. The third-order valence-electron chi connectivity index (χ3n) is 2.37. The van der Waals surface area contributed by atoms with Gasteiger partial charge in [-0.2, -0.15) is 0 Å². The summed E-state index contributed by atoms with van der Waals surface area (Å²) in [7, 11) is 0. The van der Waals surface area contributed by atoms with Crippen molar-refractivity contribution in [1.82, 2.24) is 0 Å². The smallest absolute Gasteiger partial charge is 0.335 e. The molecule has 17 heavy (non-hydrogen) atoms. The van der Waals surface area contributed by atoms with E-state index in [1.165, 1.54) is 24.3 Å². The van der Waals surface area contributed by atoms with E-state index in [0.717, 1.165) is 0 Å². The number of carboxylic acids is 1. The van der Waals surface area contributed by atoms with Crippen LogP contribution in [0, 0.1) is 0 Å². The van der Waals surface area contributed by atoms with Crippen LogP contribution < -0.4 is 0 Å². The molecule has 0 unspecified atom stereocenters. The molecule has 2 aromatic rings. The first kappa shape index (κ1) is 9.78. The number of ketones is 1. The number of carbonyl (C=O) groups is 2. The van der Waals surface area contributed by atoms with Gasteiger partial charge in [0, 0.05) is 11.1 Å². The molecule has 0 radical (unpaired) electrons. The Kier molecular flexibility index (Phi) is 2.66. The van der Waals surface area contributed by atoms with Crippen molar-refractivity contribution in [2.24, 2.45) is 0 Å². The van der Waals surface area contributed by atoms with Crippen molar-refractivity contribution in [3.05, 3.63) is 71.3 Å². The lowest BCUT2D eigenvalue weighted by molar-refractivity contribution is 0.0696. The summed E-state index contributed by atoms with van der Waals surface area (Å²) in [5.41, 5.74) is 1.06. The Balaban J connectivity index is 2.28. The van der Waals surface area contributed by atoms with Crippen molar-refractivity contribution < 1.29 is 16.1 Å². The minimum atomic E-state index is -1.02. The lowest BCUT2D eigenvalue weighted by Crippen LogP contribution is -2.02. The number of aromatic carboxylic acids is 1. The zero-order chi connectivity index (χ0) is 13.1. The lowest BCUT2D eigenvalue weighted by atomic mass is 10.0. The molecule has 0 aliphatic rings. The average Bonchev–Trinajstić information content (AvgIpc) is 2.39. The third-order valence-corrected chi connectivity index (χ3v) is 2.37. The second kappa shape index (κ2) is 4.61. The Morgan fingerprint density at radius 2 is 1.35 bits per heavy atom. The molecule has 84 valence electrons. The number of carbonyl (C=O) groups excluding carboxylic acids is 1. The van der Waals surface area contributed by atoms with Crippen LogP contribution in [-0.4, -0.2) is 16.9 Å². The number of benzene rings is 2. The Morgan fingerprint density at radius 3 is 1.88 bits per heavy atom. The van der Waals surface area contributed by atoms with Crippen molar-refractivity contribution in [1.29, 1.82) is 0 Å². The monoisotopic (exact) mass is 228 g/mol. The molecule has 0 heterocycles. The van der Waals surface area contributed by atoms with E-state index in [2.05, 4.69) is 0 Å². The molecular weight excluding hydrogens is 216 g/mol. The minimum Gasteiger partial charge on any atom is -0.478 e. The molecule has 0 aliphatic carbocycles. The van der Waals surface area contributed by atoms with Gasteiger partial charge in [0.25, 0.3) is 0 Å². The number of carboxylic acid groups (broad SMARTS) is 1. The fourth-order valence-corrected chi connectivity index (χ4v) is 1.47. The van der Waals surface area contributed by atoms with E-state index in [4.69, 9.17) is 6.48 Å². The van der Waals surface area contributed by atoms with Crippen LogP contribution in [0.5, 0.6) is 0 Å². The highest BCUT2D eigenvalue weighted by Gasteiger charge is 2.09.